The fraction of sp³-hybridized carbons (Fsp3) is 0.500. The van der Waals surface area contributed by atoms with Crippen LogP contribution in [0.4, 0.5) is 11.5 Å². The van der Waals surface area contributed by atoms with Crippen molar-refractivity contribution in [3.8, 4) is 0 Å². The Morgan fingerprint density at radius 2 is 1.87 bits per heavy atom. The van der Waals surface area contributed by atoms with E-state index in [0.717, 1.165) is 30.4 Å². The molecule has 0 saturated carbocycles. The standard InChI is InChI=1S/C22H33N5O3/c1-5-8-13-27-20(23)19(21(29)25-22(27)30)26(7-3)14-18(28)24-17(6-2)16-11-9-15(4)10-12-16/h9-12,17H,5-8,13-14,23H2,1-4H3,(H,24,28)(H,25,29,30)/t17-/m0/s1. The molecule has 0 radical (unpaired) electrons. The fourth-order valence-electron chi connectivity index (χ4n) is 3.40. The largest absolute Gasteiger partial charge is 0.383 e. The van der Waals surface area contributed by atoms with Crippen molar-refractivity contribution in [3.05, 3.63) is 56.2 Å². The Hall–Kier alpha value is -3.03. The quantitative estimate of drug-likeness (QED) is 0.551. The number of likely N-dealkylation sites (N-methyl/N-ethyl adjacent to an activating group) is 1. The summed E-state index contributed by atoms with van der Waals surface area (Å²) in [5.41, 5.74) is 7.42. The summed E-state index contributed by atoms with van der Waals surface area (Å²) in [5, 5.41) is 3.03. The minimum absolute atomic E-state index is 0.0296. The maximum Gasteiger partial charge on any atom is 0.330 e. The molecule has 8 heteroatoms. The van der Waals surface area contributed by atoms with Crippen LogP contribution in [0.3, 0.4) is 0 Å². The van der Waals surface area contributed by atoms with Crippen molar-refractivity contribution >= 4 is 17.4 Å². The summed E-state index contributed by atoms with van der Waals surface area (Å²) < 4.78 is 1.36. The molecule has 0 aliphatic heterocycles. The third kappa shape index (κ3) is 5.52. The lowest BCUT2D eigenvalue weighted by atomic mass is 10.0. The number of nitrogen functional groups attached to an aromatic ring is 1. The molecule has 8 nitrogen and oxygen atoms in total. The molecule has 0 spiro atoms. The van der Waals surface area contributed by atoms with Gasteiger partial charge in [0.1, 0.15) is 11.5 Å². The van der Waals surface area contributed by atoms with Gasteiger partial charge in [-0.25, -0.2) is 4.79 Å². The van der Waals surface area contributed by atoms with Crippen LogP contribution in [0.5, 0.6) is 0 Å². The lowest BCUT2D eigenvalue weighted by Crippen LogP contribution is -2.43. The number of aryl methyl sites for hydroxylation is 1. The van der Waals surface area contributed by atoms with Gasteiger partial charge in [0.2, 0.25) is 5.91 Å². The highest BCUT2D eigenvalue weighted by molar-refractivity contribution is 5.82. The molecule has 0 bridgehead atoms. The van der Waals surface area contributed by atoms with Gasteiger partial charge < -0.3 is 16.0 Å². The van der Waals surface area contributed by atoms with E-state index >= 15 is 0 Å². The molecule has 164 valence electrons. The van der Waals surface area contributed by atoms with E-state index in [9.17, 15) is 14.4 Å². The van der Waals surface area contributed by atoms with Crippen LogP contribution < -0.4 is 27.2 Å². The summed E-state index contributed by atoms with van der Waals surface area (Å²) in [4.78, 5) is 41.3. The normalized spacial score (nSPS) is 11.9. The lowest BCUT2D eigenvalue weighted by Gasteiger charge is -2.26. The Labute approximate surface area is 177 Å². The number of carbonyl (C=O) groups excluding carboxylic acids is 1. The number of hydrogen-bond acceptors (Lipinski definition) is 5. The Morgan fingerprint density at radius 3 is 2.43 bits per heavy atom. The van der Waals surface area contributed by atoms with Crippen molar-refractivity contribution in [2.24, 2.45) is 0 Å². The number of amides is 1. The van der Waals surface area contributed by atoms with Crippen LogP contribution in [0.1, 0.15) is 57.2 Å². The zero-order valence-corrected chi connectivity index (χ0v) is 18.3. The number of carbonyl (C=O) groups is 1. The van der Waals surface area contributed by atoms with Crippen LogP contribution in [-0.2, 0) is 11.3 Å². The van der Waals surface area contributed by atoms with Crippen LogP contribution in [0, 0.1) is 6.92 Å². The van der Waals surface area contributed by atoms with Crippen LogP contribution >= 0.6 is 0 Å². The third-order valence-corrected chi connectivity index (χ3v) is 5.20. The van der Waals surface area contributed by atoms with E-state index in [2.05, 4.69) is 10.3 Å². The van der Waals surface area contributed by atoms with E-state index in [1.807, 2.05) is 52.0 Å². The van der Waals surface area contributed by atoms with Gasteiger partial charge >= 0.3 is 5.69 Å². The lowest BCUT2D eigenvalue weighted by molar-refractivity contribution is -0.120. The molecule has 30 heavy (non-hydrogen) atoms. The first kappa shape index (κ1) is 23.3. The maximum absolute atomic E-state index is 12.8. The number of aromatic amines is 1. The fourth-order valence-corrected chi connectivity index (χ4v) is 3.40. The summed E-state index contributed by atoms with van der Waals surface area (Å²) in [6.45, 7) is 8.66. The molecule has 1 aromatic heterocycles. The smallest absolute Gasteiger partial charge is 0.330 e. The number of nitrogens with one attached hydrogen (secondary N) is 2. The predicted molar refractivity (Wildman–Crippen MR) is 121 cm³/mol. The number of nitrogens with zero attached hydrogens (tertiary/aromatic N) is 2. The van der Waals surface area contributed by atoms with E-state index in [4.69, 9.17) is 5.73 Å². The molecule has 2 rings (SSSR count). The van der Waals surface area contributed by atoms with Gasteiger partial charge in [-0.2, -0.15) is 0 Å². The molecule has 0 saturated heterocycles. The summed E-state index contributed by atoms with van der Waals surface area (Å²) >= 11 is 0. The highest BCUT2D eigenvalue weighted by Crippen LogP contribution is 2.19. The Morgan fingerprint density at radius 1 is 1.20 bits per heavy atom. The zero-order valence-electron chi connectivity index (χ0n) is 18.3. The summed E-state index contributed by atoms with van der Waals surface area (Å²) in [7, 11) is 0. The van der Waals surface area contributed by atoms with Crippen molar-refractivity contribution in [1.29, 1.82) is 0 Å². The predicted octanol–water partition coefficient (Wildman–Crippen LogP) is 2.32. The number of H-pyrrole nitrogens is 1. The van der Waals surface area contributed by atoms with Gasteiger partial charge in [0, 0.05) is 13.1 Å². The number of nitrogens with two attached hydrogens (primary N) is 1. The maximum atomic E-state index is 12.8. The number of anilines is 2. The number of unbranched alkanes of at least 4 members (excludes halogenated alkanes) is 1. The second kappa shape index (κ2) is 10.7. The van der Waals surface area contributed by atoms with Crippen LogP contribution in [0.15, 0.2) is 33.9 Å². The van der Waals surface area contributed by atoms with Gasteiger partial charge in [-0.15, -0.1) is 0 Å². The highest BCUT2D eigenvalue weighted by atomic mass is 16.2. The SMILES string of the molecule is CCCCn1c(N)c(N(CC)CC(=O)N[C@@H](CC)c2ccc(C)cc2)c(=O)[nH]c1=O. The Kier molecular flexibility index (Phi) is 8.26. The van der Waals surface area contributed by atoms with Crippen LogP contribution in [0.2, 0.25) is 0 Å². The second-order valence-electron chi connectivity index (χ2n) is 7.45. The molecular weight excluding hydrogens is 382 g/mol. The first-order valence-electron chi connectivity index (χ1n) is 10.6. The molecule has 1 aromatic carbocycles. The monoisotopic (exact) mass is 415 g/mol. The van der Waals surface area contributed by atoms with Crippen molar-refractivity contribution in [1.82, 2.24) is 14.9 Å². The second-order valence-corrected chi connectivity index (χ2v) is 7.45. The van der Waals surface area contributed by atoms with E-state index in [-0.39, 0.29) is 30.0 Å². The van der Waals surface area contributed by atoms with Gasteiger partial charge in [0.05, 0.1) is 12.6 Å². The van der Waals surface area contributed by atoms with E-state index < -0.39 is 11.2 Å². The molecular formula is C22H33N5O3. The van der Waals surface area contributed by atoms with Gasteiger partial charge in [-0.3, -0.25) is 19.1 Å². The highest BCUT2D eigenvalue weighted by Gasteiger charge is 2.21. The van der Waals surface area contributed by atoms with Crippen molar-refractivity contribution in [2.75, 3.05) is 23.7 Å². The third-order valence-electron chi connectivity index (χ3n) is 5.20. The molecule has 1 heterocycles. The van der Waals surface area contributed by atoms with Gasteiger partial charge in [0.15, 0.2) is 0 Å². The number of aromatic nitrogens is 2. The van der Waals surface area contributed by atoms with Crippen LogP contribution in [-0.4, -0.2) is 28.5 Å². The van der Waals surface area contributed by atoms with E-state index in [1.54, 1.807) is 4.90 Å². The number of hydrogen-bond donors (Lipinski definition) is 3. The van der Waals surface area contributed by atoms with E-state index in [1.165, 1.54) is 4.57 Å². The number of rotatable bonds is 10. The average Bonchev–Trinajstić information content (AvgIpc) is 2.71. The first-order valence-corrected chi connectivity index (χ1v) is 10.6. The van der Waals surface area contributed by atoms with Crippen molar-refractivity contribution in [3.63, 3.8) is 0 Å². The summed E-state index contributed by atoms with van der Waals surface area (Å²) in [6.07, 6.45) is 2.39. The van der Waals surface area contributed by atoms with Crippen molar-refractivity contribution in [2.45, 2.75) is 59.5 Å². The van der Waals surface area contributed by atoms with Crippen molar-refractivity contribution < 1.29 is 4.79 Å². The minimum Gasteiger partial charge on any atom is -0.383 e. The Bertz CT molecular complexity index is 962. The molecule has 1 amide bonds. The van der Waals surface area contributed by atoms with Gasteiger partial charge in [0.25, 0.3) is 5.56 Å². The molecule has 0 unspecified atom stereocenters. The van der Waals surface area contributed by atoms with E-state index in [0.29, 0.717) is 13.1 Å². The minimum atomic E-state index is -0.578. The topological polar surface area (TPSA) is 113 Å². The molecule has 0 aliphatic rings. The molecule has 0 aliphatic carbocycles. The molecule has 0 fully saturated rings. The molecule has 2 aromatic rings. The van der Waals surface area contributed by atoms with Gasteiger partial charge in [-0.1, -0.05) is 50.1 Å². The molecule has 4 N–H and O–H groups in total. The first-order chi connectivity index (χ1) is 14.3. The average molecular weight is 416 g/mol. The zero-order chi connectivity index (χ0) is 22.3. The molecule has 1 atom stereocenters. The Balaban J connectivity index is 2.23. The summed E-state index contributed by atoms with van der Waals surface area (Å²) in [5.74, 6) is -0.119. The van der Waals surface area contributed by atoms with Crippen LogP contribution in [0.25, 0.3) is 0 Å². The number of benzene rings is 1. The summed E-state index contributed by atoms with van der Waals surface area (Å²) in [6, 6.07) is 7.93. The van der Waals surface area contributed by atoms with Gasteiger partial charge in [-0.05, 0) is 32.3 Å².